The van der Waals surface area contributed by atoms with E-state index in [2.05, 4.69) is 55.7 Å². The SMILES string of the molecule is Cc1cccc(C)c1N1CCSC1=NC(=O)N=CCc1ccc(-c2ncn(-c3ccc(OC(F)(F)F)cc3)n2)cc1. The summed E-state index contributed by atoms with van der Waals surface area (Å²) in [6, 6.07) is 18.4. The van der Waals surface area contributed by atoms with Crippen molar-refractivity contribution in [2.45, 2.75) is 26.6 Å². The van der Waals surface area contributed by atoms with Gasteiger partial charge in [0.25, 0.3) is 0 Å². The smallest absolute Gasteiger partial charge is 0.406 e. The highest BCUT2D eigenvalue weighted by molar-refractivity contribution is 8.14. The number of para-hydroxylation sites is 1. The molecule has 0 radical (unpaired) electrons. The fourth-order valence-corrected chi connectivity index (χ4v) is 5.32. The Labute approximate surface area is 238 Å². The first-order chi connectivity index (χ1) is 19.7. The van der Waals surface area contributed by atoms with Crippen LogP contribution in [-0.4, -0.2) is 50.8 Å². The van der Waals surface area contributed by atoms with Crippen LogP contribution in [0.4, 0.5) is 23.7 Å². The number of alkyl halides is 3. The van der Waals surface area contributed by atoms with Crippen molar-refractivity contribution in [2.75, 3.05) is 17.2 Å². The molecule has 2 heterocycles. The highest BCUT2D eigenvalue weighted by Gasteiger charge is 2.31. The number of amidine groups is 1. The lowest BCUT2D eigenvalue weighted by Gasteiger charge is -2.22. The second kappa shape index (κ2) is 12.0. The van der Waals surface area contributed by atoms with Crippen LogP contribution in [0.25, 0.3) is 17.1 Å². The standard InChI is InChI=1S/C29H25F3N6O2S/c1-19-4-3-5-20(2)25(19)37-16-17-41-28(37)35-27(39)33-15-14-21-6-8-22(9-7-21)26-34-18-38(36-26)23-10-12-24(13-11-23)40-29(30,31)32/h3-13,15,18H,14,16-17H2,1-2H3. The van der Waals surface area contributed by atoms with Gasteiger partial charge < -0.3 is 9.64 Å². The minimum Gasteiger partial charge on any atom is -0.406 e. The number of ether oxygens (including phenoxy) is 1. The molecule has 0 aliphatic carbocycles. The molecule has 0 spiro atoms. The Kier molecular flexibility index (Phi) is 8.20. The fourth-order valence-electron chi connectivity index (χ4n) is 4.38. The molecule has 3 aromatic carbocycles. The zero-order chi connectivity index (χ0) is 29.0. The molecule has 0 atom stereocenters. The zero-order valence-corrected chi connectivity index (χ0v) is 23.0. The van der Waals surface area contributed by atoms with E-state index in [-0.39, 0.29) is 5.75 Å². The minimum atomic E-state index is -4.75. The van der Waals surface area contributed by atoms with E-state index >= 15 is 0 Å². The number of rotatable bonds is 6. The molecule has 0 N–H and O–H groups in total. The van der Waals surface area contributed by atoms with Crippen molar-refractivity contribution >= 4 is 34.9 Å². The summed E-state index contributed by atoms with van der Waals surface area (Å²) in [7, 11) is 0. The van der Waals surface area contributed by atoms with Gasteiger partial charge in [-0.3, -0.25) is 0 Å². The summed E-state index contributed by atoms with van der Waals surface area (Å²) < 4.78 is 42.5. The summed E-state index contributed by atoms with van der Waals surface area (Å²) in [4.78, 5) is 27.1. The number of nitrogens with zero attached hydrogens (tertiary/aromatic N) is 6. The second-order valence-electron chi connectivity index (χ2n) is 9.18. The number of urea groups is 1. The van der Waals surface area contributed by atoms with Gasteiger partial charge in [0.1, 0.15) is 12.1 Å². The minimum absolute atomic E-state index is 0.313. The molecule has 1 fully saturated rings. The van der Waals surface area contributed by atoms with Crippen LogP contribution in [0.2, 0.25) is 0 Å². The van der Waals surface area contributed by atoms with Crippen molar-refractivity contribution in [3.05, 3.63) is 89.7 Å². The molecule has 5 rings (SSSR count). The average Bonchev–Trinajstić information content (AvgIpc) is 3.59. The van der Waals surface area contributed by atoms with Crippen molar-refractivity contribution < 1.29 is 22.7 Å². The van der Waals surface area contributed by atoms with Gasteiger partial charge in [0.2, 0.25) is 0 Å². The number of carbonyl (C=O) groups is 1. The van der Waals surface area contributed by atoms with Crippen LogP contribution in [0.1, 0.15) is 16.7 Å². The van der Waals surface area contributed by atoms with Gasteiger partial charge in [0, 0.05) is 36.2 Å². The number of aryl methyl sites for hydroxylation is 2. The van der Waals surface area contributed by atoms with Crippen molar-refractivity contribution in [1.29, 1.82) is 0 Å². The number of thioether (sulfide) groups is 1. The zero-order valence-electron chi connectivity index (χ0n) is 22.2. The molecule has 0 unspecified atom stereocenters. The first-order valence-electron chi connectivity index (χ1n) is 12.7. The monoisotopic (exact) mass is 578 g/mol. The van der Waals surface area contributed by atoms with Gasteiger partial charge in [-0.15, -0.1) is 18.3 Å². The molecule has 41 heavy (non-hydrogen) atoms. The van der Waals surface area contributed by atoms with Crippen LogP contribution in [0.3, 0.4) is 0 Å². The molecule has 1 saturated heterocycles. The second-order valence-corrected chi connectivity index (χ2v) is 10.2. The van der Waals surface area contributed by atoms with E-state index in [1.54, 1.807) is 18.0 Å². The Morgan fingerprint density at radius 1 is 1.05 bits per heavy atom. The van der Waals surface area contributed by atoms with Gasteiger partial charge in [-0.25, -0.2) is 19.5 Å². The van der Waals surface area contributed by atoms with Crippen LogP contribution in [0.15, 0.2) is 83.0 Å². The van der Waals surface area contributed by atoms with E-state index in [0.29, 0.717) is 23.1 Å². The van der Waals surface area contributed by atoms with Gasteiger partial charge in [-0.2, -0.15) is 4.99 Å². The van der Waals surface area contributed by atoms with Crippen molar-refractivity contribution in [2.24, 2.45) is 9.98 Å². The molecule has 0 saturated carbocycles. The lowest BCUT2D eigenvalue weighted by molar-refractivity contribution is -0.274. The number of hydrogen-bond acceptors (Lipinski definition) is 5. The average molecular weight is 579 g/mol. The maximum absolute atomic E-state index is 12.5. The van der Waals surface area contributed by atoms with E-state index in [1.165, 1.54) is 35.3 Å². The first kappa shape index (κ1) is 28.1. The Morgan fingerprint density at radius 2 is 1.76 bits per heavy atom. The third kappa shape index (κ3) is 7.01. The van der Waals surface area contributed by atoms with Crippen molar-refractivity contribution in [3.63, 3.8) is 0 Å². The molecule has 1 aromatic heterocycles. The molecule has 1 aliphatic rings. The third-order valence-electron chi connectivity index (χ3n) is 6.25. The summed E-state index contributed by atoms with van der Waals surface area (Å²) in [5, 5.41) is 5.07. The molecule has 1 aliphatic heterocycles. The number of hydrogen-bond donors (Lipinski definition) is 0. The largest absolute Gasteiger partial charge is 0.573 e. The number of amides is 2. The first-order valence-corrected chi connectivity index (χ1v) is 13.6. The van der Waals surface area contributed by atoms with Gasteiger partial charge in [0.15, 0.2) is 11.0 Å². The quantitative estimate of drug-likeness (QED) is 0.234. The Bertz CT molecular complexity index is 1580. The third-order valence-corrected chi connectivity index (χ3v) is 7.20. The molecule has 12 heteroatoms. The predicted molar refractivity (Wildman–Crippen MR) is 154 cm³/mol. The number of benzene rings is 3. The van der Waals surface area contributed by atoms with Crippen LogP contribution >= 0.6 is 11.8 Å². The molecule has 4 aromatic rings. The lowest BCUT2D eigenvalue weighted by atomic mass is 10.1. The maximum atomic E-state index is 12.5. The summed E-state index contributed by atoms with van der Waals surface area (Å²) in [5.74, 6) is 0.993. The fraction of sp³-hybridized carbons (Fsp3) is 0.207. The Hall–Kier alpha value is -4.45. The number of anilines is 1. The van der Waals surface area contributed by atoms with E-state index in [9.17, 15) is 18.0 Å². The highest BCUT2D eigenvalue weighted by atomic mass is 32.2. The summed E-state index contributed by atoms with van der Waals surface area (Å²) in [6.07, 6.45) is -1.28. The van der Waals surface area contributed by atoms with Crippen LogP contribution < -0.4 is 9.64 Å². The van der Waals surface area contributed by atoms with Crippen molar-refractivity contribution in [3.8, 4) is 22.8 Å². The molecule has 8 nitrogen and oxygen atoms in total. The molecule has 2 amide bonds. The normalized spacial score (nSPS) is 14.8. The topological polar surface area (TPSA) is 85.0 Å². The van der Waals surface area contributed by atoms with Crippen molar-refractivity contribution in [1.82, 2.24) is 14.8 Å². The van der Waals surface area contributed by atoms with Crippen LogP contribution in [0.5, 0.6) is 5.75 Å². The molecule has 0 bridgehead atoms. The van der Waals surface area contributed by atoms with Crippen LogP contribution in [-0.2, 0) is 6.42 Å². The molecular weight excluding hydrogens is 553 g/mol. The van der Waals surface area contributed by atoms with Gasteiger partial charge >= 0.3 is 12.4 Å². The van der Waals surface area contributed by atoms with E-state index in [0.717, 1.165) is 40.2 Å². The number of aliphatic imine (C=N–C) groups is 2. The van der Waals surface area contributed by atoms with E-state index in [4.69, 9.17) is 0 Å². The van der Waals surface area contributed by atoms with Gasteiger partial charge in [-0.05, 0) is 54.8 Å². The number of aromatic nitrogens is 3. The Morgan fingerprint density at radius 3 is 2.44 bits per heavy atom. The predicted octanol–water partition coefficient (Wildman–Crippen LogP) is 6.79. The van der Waals surface area contributed by atoms with E-state index < -0.39 is 12.4 Å². The maximum Gasteiger partial charge on any atom is 0.573 e. The lowest BCUT2D eigenvalue weighted by Crippen LogP contribution is -2.26. The highest BCUT2D eigenvalue weighted by Crippen LogP contribution is 2.31. The Balaban J connectivity index is 1.19. The number of halogens is 3. The van der Waals surface area contributed by atoms with E-state index in [1.807, 2.05) is 30.3 Å². The van der Waals surface area contributed by atoms with Crippen LogP contribution in [0, 0.1) is 13.8 Å². The summed E-state index contributed by atoms with van der Waals surface area (Å²) in [6.45, 7) is 4.89. The summed E-state index contributed by atoms with van der Waals surface area (Å²) >= 11 is 1.54. The number of carbonyl (C=O) groups excluding carboxylic acids is 1. The van der Waals surface area contributed by atoms with Gasteiger partial charge in [0.05, 0.1) is 5.69 Å². The van der Waals surface area contributed by atoms with Gasteiger partial charge in [-0.1, -0.05) is 54.2 Å². The molecule has 210 valence electrons. The summed E-state index contributed by atoms with van der Waals surface area (Å²) in [5.41, 5.74) is 5.58. The molecular formula is C29H25F3N6O2S.